The molecule has 1 unspecified atom stereocenters. The van der Waals surface area contributed by atoms with Crippen LogP contribution in [0.15, 0.2) is 36.5 Å². The minimum Gasteiger partial charge on any atom is -0.379 e. The summed E-state index contributed by atoms with van der Waals surface area (Å²) in [6.07, 6.45) is -0.744. The molecule has 5 nitrogen and oxygen atoms in total. The van der Waals surface area contributed by atoms with Crippen LogP contribution in [0.2, 0.25) is 5.02 Å². The smallest absolute Gasteiger partial charge is 0.270 e. The number of aliphatic hydroxyl groups is 1. The molecular weight excluding hydrogens is 412 g/mol. The molecule has 1 aromatic heterocycles. The van der Waals surface area contributed by atoms with E-state index in [2.05, 4.69) is 10.2 Å². The standard InChI is InChI=1S/C22H22ClF2N3O2/c1-12-13-4-3-5-17(22(2,30)21(24)25)14(13)8-9-28(12)20(29)10-15-16-11-26-27-19(16)7-6-18(15)23/h3-7,11-12,21,30H,8-10H2,1-2H3,(H,26,27)/t12-,22?/m0/s1. The highest BCUT2D eigenvalue weighted by Crippen LogP contribution is 2.38. The topological polar surface area (TPSA) is 69.2 Å². The quantitative estimate of drug-likeness (QED) is 0.641. The Labute approximate surface area is 177 Å². The highest BCUT2D eigenvalue weighted by atomic mass is 35.5. The molecule has 0 spiro atoms. The molecule has 0 radical (unpaired) electrons. The fourth-order valence-electron chi connectivity index (χ4n) is 4.28. The summed E-state index contributed by atoms with van der Waals surface area (Å²) in [5.41, 5.74) is 0.968. The van der Waals surface area contributed by atoms with E-state index in [-0.39, 0.29) is 23.9 Å². The fraction of sp³-hybridized carbons (Fsp3) is 0.364. The van der Waals surface area contributed by atoms with Crippen molar-refractivity contribution in [2.24, 2.45) is 0 Å². The molecule has 158 valence electrons. The Morgan fingerprint density at radius 2 is 2.17 bits per heavy atom. The Kier molecular flexibility index (Phi) is 5.28. The van der Waals surface area contributed by atoms with Crippen LogP contribution in [0.4, 0.5) is 8.78 Å². The summed E-state index contributed by atoms with van der Waals surface area (Å²) in [5.74, 6) is -0.102. The maximum atomic E-state index is 13.4. The molecule has 2 heterocycles. The number of amides is 1. The van der Waals surface area contributed by atoms with Crippen molar-refractivity contribution in [3.8, 4) is 0 Å². The zero-order chi connectivity index (χ0) is 21.6. The Balaban J connectivity index is 1.64. The molecule has 0 fully saturated rings. The third-order valence-electron chi connectivity index (χ3n) is 6.03. The van der Waals surface area contributed by atoms with Crippen molar-refractivity contribution in [3.63, 3.8) is 0 Å². The number of carbonyl (C=O) groups is 1. The molecule has 30 heavy (non-hydrogen) atoms. The maximum absolute atomic E-state index is 13.4. The van der Waals surface area contributed by atoms with Crippen molar-refractivity contribution in [3.05, 3.63) is 63.8 Å². The van der Waals surface area contributed by atoms with Gasteiger partial charge in [0.15, 0.2) is 0 Å². The van der Waals surface area contributed by atoms with Gasteiger partial charge >= 0.3 is 0 Å². The number of hydrogen-bond donors (Lipinski definition) is 2. The Hall–Kier alpha value is -2.51. The van der Waals surface area contributed by atoms with Crippen LogP contribution in [-0.4, -0.2) is 39.1 Å². The zero-order valence-corrected chi connectivity index (χ0v) is 17.4. The van der Waals surface area contributed by atoms with E-state index < -0.39 is 12.0 Å². The maximum Gasteiger partial charge on any atom is 0.270 e. The molecule has 8 heteroatoms. The number of H-pyrrole nitrogens is 1. The Bertz CT molecular complexity index is 1110. The van der Waals surface area contributed by atoms with Crippen LogP contribution in [0.25, 0.3) is 10.9 Å². The van der Waals surface area contributed by atoms with E-state index in [0.717, 1.165) is 23.4 Å². The molecule has 4 rings (SSSR count). The number of nitrogens with one attached hydrogen (secondary N) is 1. The molecule has 0 bridgehead atoms. The number of aromatic nitrogens is 2. The van der Waals surface area contributed by atoms with Gasteiger partial charge in [0, 0.05) is 17.0 Å². The van der Waals surface area contributed by atoms with E-state index in [4.69, 9.17) is 11.6 Å². The van der Waals surface area contributed by atoms with Crippen molar-refractivity contribution in [2.45, 2.75) is 44.8 Å². The minimum atomic E-state index is -2.91. The molecule has 2 aromatic carbocycles. The van der Waals surface area contributed by atoms with E-state index >= 15 is 0 Å². The van der Waals surface area contributed by atoms with Crippen LogP contribution >= 0.6 is 11.6 Å². The second-order valence-corrected chi connectivity index (χ2v) is 8.28. The number of carbonyl (C=O) groups excluding carboxylic acids is 1. The predicted octanol–water partition coefficient (Wildman–Crippen LogP) is 4.38. The van der Waals surface area contributed by atoms with Gasteiger partial charge in [-0.25, -0.2) is 8.78 Å². The summed E-state index contributed by atoms with van der Waals surface area (Å²) in [4.78, 5) is 14.9. The van der Waals surface area contributed by atoms with Gasteiger partial charge in [-0.15, -0.1) is 0 Å². The third-order valence-corrected chi connectivity index (χ3v) is 6.38. The summed E-state index contributed by atoms with van der Waals surface area (Å²) in [6, 6.07) is 8.26. The second kappa shape index (κ2) is 7.63. The first-order chi connectivity index (χ1) is 14.2. The summed E-state index contributed by atoms with van der Waals surface area (Å²) in [6.45, 7) is 3.38. The van der Waals surface area contributed by atoms with E-state index in [9.17, 15) is 18.7 Å². The van der Waals surface area contributed by atoms with Gasteiger partial charge in [-0.3, -0.25) is 9.89 Å². The van der Waals surface area contributed by atoms with E-state index in [1.54, 1.807) is 23.2 Å². The van der Waals surface area contributed by atoms with Crippen molar-refractivity contribution < 1.29 is 18.7 Å². The van der Waals surface area contributed by atoms with Crippen LogP contribution in [0.1, 0.15) is 42.1 Å². The van der Waals surface area contributed by atoms with E-state index in [0.29, 0.717) is 29.1 Å². The van der Waals surface area contributed by atoms with Gasteiger partial charge in [0.25, 0.3) is 6.43 Å². The lowest BCUT2D eigenvalue weighted by atomic mass is 9.83. The van der Waals surface area contributed by atoms with Crippen LogP contribution in [-0.2, 0) is 23.2 Å². The summed E-state index contributed by atoms with van der Waals surface area (Å²) >= 11 is 6.35. The molecule has 3 aromatic rings. The van der Waals surface area contributed by atoms with E-state index in [1.165, 1.54) is 6.07 Å². The molecule has 1 aliphatic heterocycles. The van der Waals surface area contributed by atoms with Crippen molar-refractivity contribution >= 4 is 28.4 Å². The number of nitrogens with zero attached hydrogens (tertiary/aromatic N) is 2. The number of rotatable bonds is 4. The SMILES string of the molecule is C[C@H]1c2cccc(C(C)(O)C(F)F)c2CCN1C(=O)Cc1c(Cl)ccc2[nH]ncc12. The third kappa shape index (κ3) is 3.36. The van der Waals surface area contributed by atoms with Gasteiger partial charge in [-0.2, -0.15) is 5.10 Å². The highest BCUT2D eigenvalue weighted by Gasteiger charge is 2.39. The van der Waals surface area contributed by atoms with Crippen LogP contribution in [0, 0.1) is 0 Å². The molecule has 0 saturated heterocycles. The first-order valence-corrected chi connectivity index (χ1v) is 10.1. The van der Waals surface area contributed by atoms with Gasteiger partial charge in [-0.1, -0.05) is 29.8 Å². The second-order valence-electron chi connectivity index (χ2n) is 7.87. The Morgan fingerprint density at radius 1 is 1.40 bits per heavy atom. The molecule has 1 amide bonds. The zero-order valence-electron chi connectivity index (χ0n) is 16.6. The fourth-order valence-corrected chi connectivity index (χ4v) is 4.51. The molecule has 1 aliphatic rings. The van der Waals surface area contributed by atoms with Gasteiger partial charge < -0.3 is 10.0 Å². The van der Waals surface area contributed by atoms with Crippen LogP contribution in [0.5, 0.6) is 0 Å². The van der Waals surface area contributed by atoms with Crippen molar-refractivity contribution in [2.75, 3.05) is 6.54 Å². The van der Waals surface area contributed by atoms with Gasteiger partial charge in [0.2, 0.25) is 5.91 Å². The first kappa shape index (κ1) is 20.8. The van der Waals surface area contributed by atoms with Gasteiger partial charge in [0.05, 0.1) is 24.2 Å². The summed E-state index contributed by atoms with van der Waals surface area (Å²) in [7, 11) is 0. The van der Waals surface area contributed by atoms with Crippen molar-refractivity contribution in [1.29, 1.82) is 0 Å². The number of benzene rings is 2. The predicted molar refractivity (Wildman–Crippen MR) is 111 cm³/mol. The summed E-state index contributed by atoms with van der Waals surface area (Å²) < 4.78 is 26.8. The normalized spacial score (nSPS) is 18.5. The number of fused-ring (bicyclic) bond motifs is 2. The minimum absolute atomic E-state index is 0.102. The lowest BCUT2D eigenvalue weighted by Gasteiger charge is -2.38. The average Bonchev–Trinajstić information content (AvgIpc) is 3.19. The number of hydrogen-bond acceptors (Lipinski definition) is 3. The average molecular weight is 434 g/mol. The largest absolute Gasteiger partial charge is 0.379 e. The number of aromatic amines is 1. The molecular formula is C22H22ClF2N3O2. The lowest BCUT2D eigenvalue weighted by molar-refractivity contribution is -0.133. The number of halogens is 3. The van der Waals surface area contributed by atoms with Gasteiger partial charge in [0.1, 0.15) is 5.60 Å². The van der Waals surface area contributed by atoms with Crippen molar-refractivity contribution in [1.82, 2.24) is 15.1 Å². The molecule has 0 saturated carbocycles. The van der Waals surface area contributed by atoms with Crippen LogP contribution < -0.4 is 0 Å². The monoisotopic (exact) mass is 433 g/mol. The lowest BCUT2D eigenvalue weighted by Crippen LogP contribution is -2.41. The number of alkyl halides is 2. The summed E-state index contributed by atoms with van der Waals surface area (Å²) in [5, 5.41) is 18.5. The van der Waals surface area contributed by atoms with E-state index in [1.807, 2.05) is 19.1 Å². The first-order valence-electron chi connectivity index (χ1n) is 9.74. The van der Waals surface area contributed by atoms with Gasteiger partial charge in [-0.05, 0) is 54.7 Å². The Morgan fingerprint density at radius 3 is 2.90 bits per heavy atom. The molecule has 2 atom stereocenters. The molecule has 2 N–H and O–H groups in total. The van der Waals surface area contributed by atoms with Crippen LogP contribution in [0.3, 0.4) is 0 Å². The highest BCUT2D eigenvalue weighted by molar-refractivity contribution is 6.32. The molecule has 0 aliphatic carbocycles.